The number of aryl methyl sites for hydroxylation is 1. The zero-order chi connectivity index (χ0) is 19.9. The molecule has 3 rings (SSSR count). The molecule has 0 aliphatic carbocycles. The van der Waals surface area contributed by atoms with E-state index in [4.69, 9.17) is 0 Å². The van der Waals surface area contributed by atoms with Crippen LogP contribution in [0.4, 0.5) is 14.9 Å². The molecule has 0 aliphatic heterocycles. The lowest BCUT2D eigenvalue weighted by Crippen LogP contribution is -2.37. The average molecular weight is 382 g/mol. The number of carbonyl (C=O) groups is 1. The largest absolute Gasteiger partial charge is 0.378 e. The lowest BCUT2D eigenvalue weighted by Gasteiger charge is -2.12. The lowest BCUT2D eigenvalue weighted by molar-refractivity contribution is 0.241. The predicted molar refractivity (Wildman–Crippen MR) is 112 cm³/mol. The maximum absolute atomic E-state index is 13.4. The van der Waals surface area contributed by atoms with Crippen LogP contribution >= 0.6 is 0 Å². The predicted octanol–water partition coefficient (Wildman–Crippen LogP) is 3.85. The molecule has 5 nitrogen and oxygen atoms in total. The monoisotopic (exact) mass is 382 g/mol. The molecule has 2 amide bonds. The molecule has 3 aromatic rings. The Labute approximate surface area is 164 Å². The van der Waals surface area contributed by atoms with Crippen LogP contribution < -0.4 is 15.5 Å². The van der Waals surface area contributed by atoms with Crippen LogP contribution in [0.2, 0.25) is 0 Å². The van der Waals surface area contributed by atoms with Crippen molar-refractivity contribution in [1.82, 2.24) is 15.6 Å². The van der Waals surface area contributed by atoms with E-state index in [9.17, 15) is 9.18 Å². The zero-order valence-corrected chi connectivity index (χ0v) is 16.4. The molecule has 0 saturated heterocycles. The van der Waals surface area contributed by atoms with Gasteiger partial charge >= 0.3 is 6.03 Å². The lowest BCUT2D eigenvalue weighted by atomic mass is 10.1. The van der Waals surface area contributed by atoms with Crippen LogP contribution in [-0.2, 0) is 12.8 Å². The quantitative estimate of drug-likeness (QED) is 0.518. The van der Waals surface area contributed by atoms with Gasteiger partial charge in [-0.25, -0.2) is 9.18 Å². The molecule has 0 unspecified atom stereocenters. The molecule has 6 heteroatoms. The Morgan fingerprint density at radius 2 is 1.79 bits per heavy atom. The first-order valence-corrected chi connectivity index (χ1v) is 9.56. The molecule has 0 aliphatic rings. The summed E-state index contributed by atoms with van der Waals surface area (Å²) in [5, 5.41) is 6.60. The van der Waals surface area contributed by atoms with Gasteiger partial charge in [0, 0.05) is 50.0 Å². The third-order valence-electron chi connectivity index (χ3n) is 4.79. The van der Waals surface area contributed by atoms with Crippen LogP contribution in [0.5, 0.6) is 0 Å². The Balaban J connectivity index is 1.35. The van der Waals surface area contributed by atoms with Gasteiger partial charge in [0.05, 0.1) is 0 Å². The summed E-state index contributed by atoms with van der Waals surface area (Å²) in [6.45, 7) is 1.13. The minimum absolute atomic E-state index is 0.172. The number of hydrogen-bond acceptors (Lipinski definition) is 2. The fraction of sp³-hybridized carbons (Fsp3) is 0.318. The molecule has 3 N–H and O–H groups in total. The molecule has 1 aromatic heterocycles. The number of aromatic nitrogens is 1. The summed E-state index contributed by atoms with van der Waals surface area (Å²) in [6, 6.07) is 13.0. The van der Waals surface area contributed by atoms with Crippen LogP contribution in [0.1, 0.15) is 17.5 Å². The fourth-order valence-electron chi connectivity index (χ4n) is 3.19. The third kappa shape index (κ3) is 5.25. The number of halogens is 1. The highest BCUT2D eigenvalue weighted by Crippen LogP contribution is 2.19. The van der Waals surface area contributed by atoms with E-state index >= 15 is 0 Å². The van der Waals surface area contributed by atoms with E-state index in [2.05, 4.69) is 44.8 Å². The second-order valence-electron chi connectivity index (χ2n) is 7.10. The van der Waals surface area contributed by atoms with E-state index < -0.39 is 0 Å². The minimum atomic E-state index is -0.254. The molecule has 148 valence electrons. The second kappa shape index (κ2) is 9.26. The number of aromatic amines is 1. The third-order valence-corrected chi connectivity index (χ3v) is 4.79. The van der Waals surface area contributed by atoms with Crippen molar-refractivity contribution in [1.29, 1.82) is 0 Å². The fourth-order valence-corrected chi connectivity index (χ4v) is 3.19. The Morgan fingerprint density at radius 1 is 1.04 bits per heavy atom. The molecule has 0 bridgehead atoms. The van der Waals surface area contributed by atoms with Crippen LogP contribution in [0.25, 0.3) is 10.9 Å². The smallest absolute Gasteiger partial charge is 0.314 e. The van der Waals surface area contributed by atoms with Crippen molar-refractivity contribution in [2.75, 3.05) is 32.1 Å². The summed E-state index contributed by atoms with van der Waals surface area (Å²) in [7, 11) is 4.04. The van der Waals surface area contributed by atoms with Gasteiger partial charge in [0.15, 0.2) is 0 Å². The highest BCUT2D eigenvalue weighted by atomic mass is 19.1. The van der Waals surface area contributed by atoms with Crippen LogP contribution in [0.15, 0.2) is 48.7 Å². The summed E-state index contributed by atoms with van der Waals surface area (Å²) in [5.74, 6) is -0.254. The number of anilines is 1. The van der Waals surface area contributed by atoms with E-state index in [0.717, 1.165) is 29.3 Å². The summed E-state index contributed by atoms with van der Waals surface area (Å²) >= 11 is 0. The number of urea groups is 1. The molecule has 0 fully saturated rings. The first-order chi connectivity index (χ1) is 13.5. The number of fused-ring (bicyclic) bond motifs is 1. The molecule has 1 heterocycles. The molecule has 0 atom stereocenters. The number of rotatable bonds is 8. The standard InChI is InChI=1S/C22H27FN4O/c1-27(2)19-8-5-16(6-9-19)4-3-12-24-22(28)25-13-11-17-15-26-21-10-7-18(23)14-20(17)21/h5-10,14-15,26H,3-4,11-13H2,1-2H3,(H2,24,25,28). The topological polar surface area (TPSA) is 60.2 Å². The maximum Gasteiger partial charge on any atom is 0.314 e. The van der Waals surface area contributed by atoms with Crippen molar-refractivity contribution in [3.63, 3.8) is 0 Å². The number of nitrogens with zero attached hydrogens (tertiary/aromatic N) is 1. The Kier molecular flexibility index (Phi) is 6.53. The van der Waals surface area contributed by atoms with Crippen LogP contribution in [0.3, 0.4) is 0 Å². The van der Waals surface area contributed by atoms with Gasteiger partial charge in [0.1, 0.15) is 5.82 Å². The van der Waals surface area contributed by atoms with Crippen LogP contribution in [0, 0.1) is 5.82 Å². The van der Waals surface area contributed by atoms with Crippen molar-refractivity contribution >= 4 is 22.6 Å². The molecular formula is C22H27FN4O. The van der Waals surface area contributed by atoms with E-state index in [1.807, 2.05) is 20.3 Å². The number of amides is 2. The summed E-state index contributed by atoms with van der Waals surface area (Å²) in [5.41, 5.74) is 4.34. The van der Waals surface area contributed by atoms with Crippen molar-refractivity contribution in [2.45, 2.75) is 19.3 Å². The number of H-pyrrole nitrogens is 1. The zero-order valence-electron chi connectivity index (χ0n) is 16.4. The van der Waals surface area contributed by atoms with Gasteiger partial charge in [-0.05, 0) is 60.7 Å². The normalized spacial score (nSPS) is 10.8. The van der Waals surface area contributed by atoms with Gasteiger partial charge < -0.3 is 20.5 Å². The second-order valence-corrected chi connectivity index (χ2v) is 7.10. The molecular weight excluding hydrogens is 355 g/mol. The van der Waals surface area contributed by atoms with Crippen LogP contribution in [-0.4, -0.2) is 38.2 Å². The average Bonchev–Trinajstić information content (AvgIpc) is 3.08. The van der Waals surface area contributed by atoms with Crippen molar-refractivity contribution in [2.24, 2.45) is 0 Å². The van der Waals surface area contributed by atoms with E-state index in [0.29, 0.717) is 19.5 Å². The van der Waals surface area contributed by atoms with E-state index in [-0.39, 0.29) is 11.8 Å². The van der Waals surface area contributed by atoms with Crippen molar-refractivity contribution in [3.8, 4) is 0 Å². The van der Waals surface area contributed by atoms with Crippen molar-refractivity contribution < 1.29 is 9.18 Å². The summed E-state index contributed by atoms with van der Waals surface area (Å²) in [6.07, 6.45) is 4.33. The molecule has 0 spiro atoms. The van der Waals surface area contributed by atoms with Gasteiger partial charge in [-0.15, -0.1) is 0 Å². The van der Waals surface area contributed by atoms with Gasteiger partial charge in [0.25, 0.3) is 0 Å². The first-order valence-electron chi connectivity index (χ1n) is 9.56. The highest BCUT2D eigenvalue weighted by Gasteiger charge is 2.06. The Hall–Kier alpha value is -3.02. The van der Waals surface area contributed by atoms with Gasteiger partial charge in [-0.2, -0.15) is 0 Å². The van der Waals surface area contributed by atoms with E-state index in [1.54, 1.807) is 6.07 Å². The van der Waals surface area contributed by atoms with Gasteiger partial charge in [-0.3, -0.25) is 0 Å². The first kappa shape index (κ1) is 19.7. The summed E-state index contributed by atoms with van der Waals surface area (Å²) in [4.78, 5) is 17.1. The maximum atomic E-state index is 13.4. The molecule has 0 saturated carbocycles. The number of nitrogens with one attached hydrogen (secondary N) is 3. The number of benzene rings is 2. The minimum Gasteiger partial charge on any atom is -0.378 e. The number of hydrogen-bond donors (Lipinski definition) is 3. The SMILES string of the molecule is CN(C)c1ccc(CCCNC(=O)NCCc2c[nH]c3ccc(F)cc23)cc1. The Bertz CT molecular complexity index is 918. The molecule has 0 radical (unpaired) electrons. The van der Waals surface area contributed by atoms with Gasteiger partial charge in [-0.1, -0.05) is 12.1 Å². The highest BCUT2D eigenvalue weighted by molar-refractivity contribution is 5.83. The molecule has 28 heavy (non-hydrogen) atoms. The van der Waals surface area contributed by atoms with E-state index in [1.165, 1.54) is 23.4 Å². The number of carbonyl (C=O) groups excluding carboxylic acids is 1. The van der Waals surface area contributed by atoms with Gasteiger partial charge in [0.2, 0.25) is 0 Å². The summed E-state index contributed by atoms with van der Waals surface area (Å²) < 4.78 is 13.4. The molecule has 2 aromatic carbocycles. The van der Waals surface area contributed by atoms with Crippen molar-refractivity contribution in [3.05, 3.63) is 65.6 Å². The Morgan fingerprint density at radius 3 is 2.54 bits per heavy atom.